The Labute approximate surface area is 118 Å². The zero-order valence-corrected chi connectivity index (χ0v) is 13.3. The van der Waals surface area contributed by atoms with Gasteiger partial charge in [0.2, 0.25) is 0 Å². The molecule has 0 aromatic carbocycles. The quantitative estimate of drug-likeness (QED) is 0.684. The van der Waals surface area contributed by atoms with E-state index in [4.69, 9.17) is 4.74 Å². The summed E-state index contributed by atoms with van der Waals surface area (Å²) in [5.74, 6) is 2.24. The molecule has 110 valence electrons. The highest BCUT2D eigenvalue weighted by atomic mass is 16.6. The molecule has 2 nitrogen and oxygen atoms in total. The third kappa shape index (κ3) is 2.98. The molecule has 0 amide bonds. The molecule has 0 aromatic rings. The van der Waals surface area contributed by atoms with E-state index in [9.17, 15) is 4.79 Å². The van der Waals surface area contributed by atoms with Gasteiger partial charge in [-0.05, 0) is 77.0 Å². The minimum absolute atomic E-state index is 0.0222. The van der Waals surface area contributed by atoms with Crippen LogP contribution in [-0.2, 0) is 9.53 Å². The van der Waals surface area contributed by atoms with Crippen LogP contribution in [0.3, 0.4) is 0 Å². The Hall–Kier alpha value is -0.530. The number of rotatable bonds is 2. The molecule has 0 radical (unpaired) electrons. The highest BCUT2D eigenvalue weighted by Crippen LogP contribution is 2.50. The maximum Gasteiger partial charge on any atom is 0.311 e. The van der Waals surface area contributed by atoms with Crippen molar-refractivity contribution in [1.82, 2.24) is 0 Å². The van der Waals surface area contributed by atoms with Gasteiger partial charge in [0.1, 0.15) is 5.60 Å². The normalized spacial score (nSPS) is 38.9. The van der Waals surface area contributed by atoms with Crippen molar-refractivity contribution < 1.29 is 9.53 Å². The fraction of sp³-hybridized carbons (Fsp3) is 0.941. The third-order valence-electron chi connectivity index (χ3n) is 5.27. The average molecular weight is 266 g/mol. The van der Waals surface area contributed by atoms with Crippen LogP contribution in [0.15, 0.2) is 0 Å². The monoisotopic (exact) mass is 266 g/mol. The number of hydrogen-bond acceptors (Lipinski definition) is 2. The minimum atomic E-state index is -0.390. The Balaban J connectivity index is 2.15. The smallest absolute Gasteiger partial charge is 0.311 e. The van der Waals surface area contributed by atoms with Crippen LogP contribution in [0.1, 0.15) is 73.1 Å². The zero-order chi connectivity index (χ0) is 14.3. The van der Waals surface area contributed by atoms with Gasteiger partial charge in [-0.3, -0.25) is 4.79 Å². The largest absolute Gasteiger partial charge is 0.458 e. The molecule has 0 aromatic heterocycles. The molecule has 2 fully saturated rings. The van der Waals surface area contributed by atoms with Crippen LogP contribution < -0.4 is 0 Å². The van der Waals surface area contributed by atoms with E-state index in [1.165, 1.54) is 25.7 Å². The summed E-state index contributed by atoms with van der Waals surface area (Å²) < 4.78 is 6.09. The molecule has 2 bridgehead atoms. The van der Waals surface area contributed by atoms with Crippen LogP contribution in [0.25, 0.3) is 0 Å². The highest BCUT2D eigenvalue weighted by molar-refractivity contribution is 5.75. The van der Waals surface area contributed by atoms with Crippen LogP contribution in [-0.4, -0.2) is 11.6 Å². The Kier molecular flexibility index (Phi) is 3.99. The highest BCUT2D eigenvalue weighted by Gasteiger charge is 2.49. The van der Waals surface area contributed by atoms with Gasteiger partial charge in [0.25, 0.3) is 0 Å². The average Bonchev–Trinajstić information content (AvgIpc) is 2.31. The second-order valence-electron chi connectivity index (χ2n) is 7.97. The van der Waals surface area contributed by atoms with Gasteiger partial charge in [-0.15, -0.1) is 0 Å². The molecular formula is C17H30O2. The van der Waals surface area contributed by atoms with Crippen molar-refractivity contribution in [2.75, 3.05) is 0 Å². The lowest BCUT2D eigenvalue weighted by Crippen LogP contribution is -2.50. The molecule has 0 N–H and O–H groups in total. The fourth-order valence-corrected chi connectivity index (χ4v) is 4.07. The van der Waals surface area contributed by atoms with Crippen molar-refractivity contribution in [1.29, 1.82) is 0 Å². The van der Waals surface area contributed by atoms with E-state index in [-0.39, 0.29) is 17.0 Å². The van der Waals surface area contributed by atoms with Gasteiger partial charge in [0.05, 0.1) is 5.41 Å². The van der Waals surface area contributed by atoms with Crippen molar-refractivity contribution in [2.24, 2.45) is 23.2 Å². The first kappa shape index (κ1) is 14.9. The molecule has 2 saturated carbocycles. The summed E-state index contributed by atoms with van der Waals surface area (Å²) in [6.07, 6.45) is 7.18. The van der Waals surface area contributed by atoms with Crippen LogP contribution in [0.4, 0.5) is 0 Å². The van der Waals surface area contributed by atoms with Gasteiger partial charge >= 0.3 is 5.97 Å². The van der Waals surface area contributed by atoms with E-state index in [0.29, 0.717) is 5.92 Å². The van der Waals surface area contributed by atoms with E-state index in [1.807, 2.05) is 20.8 Å². The molecule has 0 heterocycles. The molecular weight excluding hydrogens is 236 g/mol. The number of fused-ring (bicyclic) bond motifs is 2. The first-order valence-electron chi connectivity index (χ1n) is 8.00. The topological polar surface area (TPSA) is 26.3 Å². The summed E-state index contributed by atoms with van der Waals surface area (Å²) in [6, 6.07) is 0. The van der Waals surface area contributed by atoms with Crippen molar-refractivity contribution in [3.05, 3.63) is 0 Å². The van der Waals surface area contributed by atoms with Crippen molar-refractivity contribution in [2.45, 2.75) is 78.7 Å². The predicted molar refractivity (Wildman–Crippen MR) is 77.8 cm³/mol. The number of esters is 1. The molecule has 19 heavy (non-hydrogen) atoms. The van der Waals surface area contributed by atoms with Crippen LogP contribution >= 0.6 is 0 Å². The molecule has 0 saturated heterocycles. The first-order chi connectivity index (χ1) is 8.77. The van der Waals surface area contributed by atoms with Crippen LogP contribution in [0.2, 0.25) is 0 Å². The Morgan fingerprint density at radius 2 is 1.95 bits per heavy atom. The Morgan fingerprint density at radius 1 is 1.26 bits per heavy atom. The number of ether oxygens (including phenoxy) is 1. The second kappa shape index (κ2) is 5.10. The van der Waals surface area contributed by atoms with Gasteiger partial charge in [-0.1, -0.05) is 13.8 Å². The predicted octanol–water partition coefficient (Wildman–Crippen LogP) is 4.57. The van der Waals surface area contributed by atoms with Gasteiger partial charge in [0, 0.05) is 0 Å². The fourth-order valence-electron chi connectivity index (χ4n) is 4.07. The molecule has 0 spiro atoms. The van der Waals surface area contributed by atoms with Gasteiger partial charge in [-0.2, -0.15) is 0 Å². The van der Waals surface area contributed by atoms with Crippen LogP contribution in [0.5, 0.6) is 0 Å². The minimum Gasteiger partial charge on any atom is -0.458 e. The lowest BCUT2D eigenvalue weighted by Gasteiger charge is -2.50. The second-order valence-corrected chi connectivity index (χ2v) is 7.97. The van der Waals surface area contributed by atoms with Gasteiger partial charge in [0.15, 0.2) is 0 Å². The van der Waals surface area contributed by atoms with Gasteiger partial charge < -0.3 is 4.74 Å². The van der Waals surface area contributed by atoms with E-state index < -0.39 is 0 Å². The third-order valence-corrected chi connectivity index (χ3v) is 5.27. The summed E-state index contributed by atoms with van der Waals surface area (Å²) >= 11 is 0. The summed E-state index contributed by atoms with van der Waals surface area (Å²) in [7, 11) is 0. The summed E-state index contributed by atoms with van der Waals surface area (Å²) in [5, 5.41) is 0. The molecule has 2 rings (SSSR count). The maximum atomic E-state index is 12.3. The first-order valence-corrected chi connectivity index (χ1v) is 8.00. The van der Waals surface area contributed by atoms with Crippen molar-refractivity contribution in [3.63, 3.8) is 0 Å². The summed E-state index contributed by atoms with van der Waals surface area (Å²) in [4.78, 5) is 12.3. The summed E-state index contributed by atoms with van der Waals surface area (Å²) in [6.45, 7) is 10.4. The molecule has 2 aliphatic carbocycles. The summed E-state index contributed by atoms with van der Waals surface area (Å²) in [5.41, 5.74) is -0.561. The maximum absolute atomic E-state index is 12.3. The van der Waals surface area contributed by atoms with Crippen molar-refractivity contribution >= 4 is 5.97 Å². The zero-order valence-electron chi connectivity index (χ0n) is 13.3. The molecule has 4 atom stereocenters. The van der Waals surface area contributed by atoms with E-state index >= 15 is 0 Å². The molecule has 0 aliphatic heterocycles. The number of carbonyl (C=O) groups is 1. The number of hydrogen-bond donors (Lipinski definition) is 0. The van der Waals surface area contributed by atoms with Crippen LogP contribution in [0, 0.1) is 23.2 Å². The van der Waals surface area contributed by atoms with Gasteiger partial charge in [-0.25, -0.2) is 0 Å². The molecule has 2 heteroatoms. The lowest BCUT2D eigenvalue weighted by molar-refractivity contribution is -0.187. The Morgan fingerprint density at radius 3 is 2.53 bits per heavy atom. The lowest BCUT2D eigenvalue weighted by atomic mass is 9.61. The van der Waals surface area contributed by atoms with E-state index in [0.717, 1.165) is 24.7 Å². The molecule has 2 aliphatic rings. The van der Waals surface area contributed by atoms with Crippen molar-refractivity contribution in [3.8, 4) is 0 Å². The standard InChI is InChI=1S/C17H30O2/c1-6-17(19-15(18)16(3,4)5)8-7-13-9-12(2)10-14(17)11-13/h12-14H,6-11H2,1-5H3. The SMILES string of the molecule is CCC1(OC(=O)C(C)(C)C)CCC2CC(C)CC1C2. The molecule has 4 unspecified atom stereocenters. The van der Waals surface area contributed by atoms with E-state index in [2.05, 4.69) is 13.8 Å². The Bertz CT molecular complexity index is 340. The number of carbonyl (C=O) groups excluding carboxylic acids is 1. The van der Waals surface area contributed by atoms with E-state index in [1.54, 1.807) is 0 Å².